The van der Waals surface area contributed by atoms with E-state index in [9.17, 15) is 0 Å². The normalized spacial score (nSPS) is 13.5. The Labute approximate surface area is 137 Å². The van der Waals surface area contributed by atoms with Crippen molar-refractivity contribution in [3.05, 3.63) is 65.9 Å². The molecule has 2 nitrogen and oxygen atoms in total. The summed E-state index contributed by atoms with van der Waals surface area (Å²) in [5.41, 5.74) is 6.61. The fraction of sp³-hybridized carbons (Fsp3) is 0.286. The standard InChI is InChI=1S/C21H22N2/c1-15(2)23-14-20(22-21(23)17-8-4-3-5-9-17)19-13-7-11-16-10-6-12-18(16)19/h3-5,7-9,11,13-15H,6,10,12H2,1-2H3. The maximum atomic E-state index is 5.01. The van der Waals surface area contributed by atoms with Crippen molar-refractivity contribution >= 4 is 0 Å². The molecule has 1 aromatic heterocycles. The summed E-state index contributed by atoms with van der Waals surface area (Å²) in [7, 11) is 0. The van der Waals surface area contributed by atoms with Crippen LogP contribution in [0, 0.1) is 0 Å². The maximum Gasteiger partial charge on any atom is 0.140 e. The summed E-state index contributed by atoms with van der Waals surface area (Å²) in [6.07, 6.45) is 5.88. The number of hydrogen-bond acceptors (Lipinski definition) is 1. The van der Waals surface area contributed by atoms with Crippen LogP contribution < -0.4 is 0 Å². The van der Waals surface area contributed by atoms with Gasteiger partial charge in [0.05, 0.1) is 5.69 Å². The number of aromatic nitrogens is 2. The van der Waals surface area contributed by atoms with E-state index >= 15 is 0 Å². The van der Waals surface area contributed by atoms with E-state index in [4.69, 9.17) is 4.98 Å². The zero-order chi connectivity index (χ0) is 15.8. The molecule has 23 heavy (non-hydrogen) atoms. The van der Waals surface area contributed by atoms with E-state index in [0.29, 0.717) is 6.04 Å². The SMILES string of the molecule is CC(C)n1cc(-c2cccc3c2CCC3)nc1-c1ccccc1. The van der Waals surface area contributed by atoms with Gasteiger partial charge in [0.15, 0.2) is 0 Å². The first-order valence-corrected chi connectivity index (χ1v) is 8.49. The summed E-state index contributed by atoms with van der Waals surface area (Å²) in [6.45, 7) is 4.43. The van der Waals surface area contributed by atoms with Crippen LogP contribution in [-0.4, -0.2) is 9.55 Å². The molecule has 0 N–H and O–H groups in total. The summed E-state index contributed by atoms with van der Waals surface area (Å²) in [6, 6.07) is 17.6. The van der Waals surface area contributed by atoms with Crippen molar-refractivity contribution in [2.45, 2.75) is 39.2 Å². The Kier molecular flexibility index (Phi) is 3.53. The lowest BCUT2D eigenvalue weighted by Gasteiger charge is -2.10. The van der Waals surface area contributed by atoms with E-state index in [1.165, 1.54) is 41.5 Å². The summed E-state index contributed by atoms with van der Waals surface area (Å²) >= 11 is 0. The van der Waals surface area contributed by atoms with Crippen LogP contribution in [0.2, 0.25) is 0 Å². The predicted octanol–water partition coefficient (Wildman–Crippen LogP) is 5.29. The van der Waals surface area contributed by atoms with Crippen LogP contribution in [0.5, 0.6) is 0 Å². The Morgan fingerprint density at radius 3 is 2.57 bits per heavy atom. The minimum absolute atomic E-state index is 0.392. The van der Waals surface area contributed by atoms with E-state index in [1.807, 2.05) is 0 Å². The summed E-state index contributed by atoms with van der Waals surface area (Å²) in [5.74, 6) is 1.06. The van der Waals surface area contributed by atoms with Gasteiger partial charge in [0.2, 0.25) is 0 Å². The van der Waals surface area contributed by atoms with Gasteiger partial charge in [-0.3, -0.25) is 0 Å². The lowest BCUT2D eigenvalue weighted by Crippen LogP contribution is -2.01. The maximum absolute atomic E-state index is 5.01. The molecule has 116 valence electrons. The van der Waals surface area contributed by atoms with Crippen LogP contribution >= 0.6 is 0 Å². The Morgan fingerprint density at radius 2 is 1.78 bits per heavy atom. The van der Waals surface area contributed by atoms with Crippen molar-refractivity contribution in [3.8, 4) is 22.6 Å². The van der Waals surface area contributed by atoms with Crippen LogP contribution in [0.15, 0.2) is 54.7 Å². The molecule has 4 rings (SSSR count). The Balaban J connectivity index is 1.87. The highest BCUT2D eigenvalue weighted by Crippen LogP contribution is 2.34. The summed E-state index contributed by atoms with van der Waals surface area (Å²) < 4.78 is 2.29. The number of hydrogen-bond donors (Lipinski definition) is 0. The molecule has 1 aliphatic rings. The minimum atomic E-state index is 0.392. The van der Waals surface area contributed by atoms with Crippen molar-refractivity contribution in [2.24, 2.45) is 0 Å². The van der Waals surface area contributed by atoms with Gasteiger partial charge in [-0.1, -0.05) is 48.5 Å². The number of nitrogens with zero attached hydrogens (tertiary/aromatic N) is 2. The zero-order valence-corrected chi connectivity index (χ0v) is 13.8. The molecule has 0 spiro atoms. The van der Waals surface area contributed by atoms with Crippen molar-refractivity contribution in [3.63, 3.8) is 0 Å². The van der Waals surface area contributed by atoms with Crippen LogP contribution in [0.1, 0.15) is 37.4 Å². The number of fused-ring (bicyclic) bond motifs is 1. The predicted molar refractivity (Wildman–Crippen MR) is 95.5 cm³/mol. The first kappa shape index (κ1) is 14.3. The van der Waals surface area contributed by atoms with Gasteiger partial charge in [-0.05, 0) is 44.2 Å². The first-order valence-electron chi connectivity index (χ1n) is 8.49. The third-order valence-electron chi connectivity index (χ3n) is 4.74. The number of rotatable bonds is 3. The molecular formula is C21H22N2. The van der Waals surface area contributed by atoms with Gasteiger partial charge in [0.1, 0.15) is 5.82 Å². The first-order chi connectivity index (χ1) is 11.2. The molecule has 0 bridgehead atoms. The van der Waals surface area contributed by atoms with E-state index in [0.717, 1.165) is 11.5 Å². The fourth-order valence-corrected chi connectivity index (χ4v) is 3.58. The third-order valence-corrected chi connectivity index (χ3v) is 4.74. The molecule has 0 fully saturated rings. The van der Waals surface area contributed by atoms with Gasteiger partial charge in [-0.15, -0.1) is 0 Å². The molecule has 3 aromatic rings. The molecule has 0 radical (unpaired) electrons. The monoisotopic (exact) mass is 302 g/mol. The summed E-state index contributed by atoms with van der Waals surface area (Å²) in [5, 5.41) is 0. The molecule has 0 amide bonds. The lowest BCUT2D eigenvalue weighted by atomic mass is 10.0. The highest BCUT2D eigenvalue weighted by molar-refractivity contribution is 5.69. The van der Waals surface area contributed by atoms with Gasteiger partial charge in [0, 0.05) is 23.4 Å². The second-order valence-corrected chi connectivity index (χ2v) is 6.61. The Bertz CT molecular complexity index is 828. The molecule has 0 saturated heterocycles. The van der Waals surface area contributed by atoms with Gasteiger partial charge in [-0.25, -0.2) is 4.98 Å². The molecule has 2 aromatic carbocycles. The molecule has 0 aliphatic heterocycles. The molecule has 1 aliphatic carbocycles. The van der Waals surface area contributed by atoms with Crippen molar-refractivity contribution in [1.29, 1.82) is 0 Å². The van der Waals surface area contributed by atoms with Gasteiger partial charge < -0.3 is 4.57 Å². The highest BCUT2D eigenvalue weighted by atomic mass is 15.1. The highest BCUT2D eigenvalue weighted by Gasteiger charge is 2.19. The van der Waals surface area contributed by atoms with E-state index < -0.39 is 0 Å². The topological polar surface area (TPSA) is 17.8 Å². The van der Waals surface area contributed by atoms with Crippen LogP contribution in [-0.2, 0) is 12.8 Å². The van der Waals surface area contributed by atoms with Crippen molar-refractivity contribution in [1.82, 2.24) is 9.55 Å². The van der Waals surface area contributed by atoms with E-state index in [-0.39, 0.29) is 0 Å². The van der Waals surface area contributed by atoms with E-state index in [2.05, 4.69) is 73.1 Å². The zero-order valence-electron chi connectivity index (χ0n) is 13.8. The summed E-state index contributed by atoms with van der Waals surface area (Å²) in [4.78, 5) is 5.01. The molecule has 2 heteroatoms. The molecule has 0 unspecified atom stereocenters. The number of aryl methyl sites for hydroxylation is 1. The lowest BCUT2D eigenvalue weighted by molar-refractivity contribution is 0.606. The molecule has 1 heterocycles. The van der Waals surface area contributed by atoms with Gasteiger partial charge in [0.25, 0.3) is 0 Å². The average molecular weight is 302 g/mol. The smallest absolute Gasteiger partial charge is 0.140 e. The third kappa shape index (κ3) is 2.48. The molecule has 0 atom stereocenters. The van der Waals surface area contributed by atoms with Crippen LogP contribution in [0.25, 0.3) is 22.6 Å². The van der Waals surface area contributed by atoms with Crippen molar-refractivity contribution in [2.75, 3.05) is 0 Å². The molecule has 0 saturated carbocycles. The quantitative estimate of drug-likeness (QED) is 0.643. The Morgan fingerprint density at radius 1 is 0.957 bits per heavy atom. The largest absolute Gasteiger partial charge is 0.328 e. The molecular weight excluding hydrogens is 280 g/mol. The second-order valence-electron chi connectivity index (χ2n) is 6.61. The second kappa shape index (κ2) is 5.69. The number of benzene rings is 2. The number of imidazole rings is 1. The van der Waals surface area contributed by atoms with E-state index in [1.54, 1.807) is 0 Å². The van der Waals surface area contributed by atoms with Crippen molar-refractivity contribution < 1.29 is 0 Å². The Hall–Kier alpha value is -2.35. The van der Waals surface area contributed by atoms with Gasteiger partial charge >= 0.3 is 0 Å². The van der Waals surface area contributed by atoms with Gasteiger partial charge in [-0.2, -0.15) is 0 Å². The fourth-order valence-electron chi connectivity index (χ4n) is 3.58. The van der Waals surface area contributed by atoms with Crippen LogP contribution in [0.4, 0.5) is 0 Å². The minimum Gasteiger partial charge on any atom is -0.328 e. The van der Waals surface area contributed by atoms with Crippen LogP contribution in [0.3, 0.4) is 0 Å². The average Bonchev–Trinajstić information content (AvgIpc) is 3.22.